The summed E-state index contributed by atoms with van der Waals surface area (Å²) in [6.07, 6.45) is 0.766. The Labute approximate surface area is 104 Å². The van der Waals surface area contributed by atoms with Crippen molar-refractivity contribution < 1.29 is 9.72 Å². The van der Waals surface area contributed by atoms with Crippen LogP contribution < -0.4 is 5.32 Å². The van der Waals surface area contributed by atoms with E-state index < -0.39 is 4.92 Å². The highest BCUT2D eigenvalue weighted by Crippen LogP contribution is 2.11. The smallest absolute Gasteiger partial charge is 0.269 e. The fourth-order valence-electron chi connectivity index (χ4n) is 1.18. The zero-order chi connectivity index (χ0) is 12.8. The summed E-state index contributed by atoms with van der Waals surface area (Å²) >= 11 is 5.86. The molecule has 1 rings (SSSR count). The van der Waals surface area contributed by atoms with E-state index in [-0.39, 0.29) is 17.0 Å². The van der Waals surface area contributed by atoms with Crippen molar-refractivity contribution in [3.05, 3.63) is 39.9 Å². The molecule has 0 saturated heterocycles. The lowest BCUT2D eigenvalue weighted by Crippen LogP contribution is -2.29. The Morgan fingerprint density at radius 2 is 2.06 bits per heavy atom. The van der Waals surface area contributed by atoms with Crippen LogP contribution in [0.25, 0.3) is 0 Å². The molecule has 17 heavy (non-hydrogen) atoms. The highest BCUT2D eigenvalue weighted by atomic mass is 35.5. The van der Waals surface area contributed by atoms with E-state index in [9.17, 15) is 14.9 Å². The van der Waals surface area contributed by atoms with Crippen molar-refractivity contribution in [2.24, 2.45) is 0 Å². The first-order chi connectivity index (χ1) is 8.04. The average Bonchev–Trinajstić information content (AvgIpc) is 2.35. The Bertz CT molecular complexity index is 406. The normalized spacial score (nSPS) is 11.9. The molecular weight excluding hydrogens is 244 g/mol. The second-order valence-corrected chi connectivity index (χ2v) is 4.14. The van der Waals surface area contributed by atoms with Crippen LogP contribution >= 0.6 is 11.6 Å². The molecule has 1 N–H and O–H groups in total. The molecule has 5 nitrogen and oxygen atoms in total. The quantitative estimate of drug-likeness (QED) is 0.499. The highest BCUT2D eigenvalue weighted by molar-refractivity contribution is 6.20. The summed E-state index contributed by atoms with van der Waals surface area (Å²) in [4.78, 5) is 21.5. The van der Waals surface area contributed by atoms with Gasteiger partial charge in [0, 0.05) is 24.2 Å². The molecule has 0 bridgehead atoms. The average molecular weight is 257 g/mol. The monoisotopic (exact) mass is 256 g/mol. The summed E-state index contributed by atoms with van der Waals surface area (Å²) < 4.78 is 0. The number of rotatable bonds is 5. The van der Waals surface area contributed by atoms with Crippen LogP contribution in [0.2, 0.25) is 0 Å². The lowest BCUT2D eigenvalue weighted by molar-refractivity contribution is -0.384. The van der Waals surface area contributed by atoms with Gasteiger partial charge in [0.25, 0.3) is 11.6 Å². The summed E-state index contributed by atoms with van der Waals surface area (Å²) in [7, 11) is 0. The first-order valence-corrected chi connectivity index (χ1v) is 5.65. The van der Waals surface area contributed by atoms with Crippen molar-refractivity contribution in [1.82, 2.24) is 5.32 Å². The largest absolute Gasteiger partial charge is 0.351 e. The van der Waals surface area contributed by atoms with Gasteiger partial charge >= 0.3 is 0 Å². The Morgan fingerprint density at radius 3 is 2.53 bits per heavy atom. The van der Waals surface area contributed by atoms with Gasteiger partial charge in [0.05, 0.1) is 10.3 Å². The molecule has 0 aliphatic rings. The predicted octanol–water partition coefficient (Wildman–Crippen LogP) is 2.34. The molecule has 0 aromatic heterocycles. The number of nitro benzene ring substituents is 1. The van der Waals surface area contributed by atoms with Crippen LogP contribution in [0.3, 0.4) is 0 Å². The second-order valence-electron chi connectivity index (χ2n) is 3.52. The molecule has 0 aliphatic heterocycles. The predicted molar refractivity (Wildman–Crippen MR) is 65.4 cm³/mol. The topological polar surface area (TPSA) is 72.2 Å². The molecular formula is C11H13ClN2O3. The molecule has 92 valence electrons. The van der Waals surface area contributed by atoms with Crippen LogP contribution in [-0.4, -0.2) is 22.8 Å². The van der Waals surface area contributed by atoms with Gasteiger partial charge in [-0.1, -0.05) is 6.92 Å². The van der Waals surface area contributed by atoms with Crippen molar-refractivity contribution in [3.8, 4) is 0 Å². The number of carbonyl (C=O) groups excluding carboxylic acids is 1. The molecule has 1 amide bonds. The Hall–Kier alpha value is -1.62. The number of nitro groups is 1. The summed E-state index contributed by atoms with van der Waals surface area (Å²) in [5.41, 5.74) is 0.348. The lowest BCUT2D eigenvalue weighted by Gasteiger charge is -2.08. The molecule has 1 unspecified atom stereocenters. The van der Waals surface area contributed by atoms with E-state index in [2.05, 4.69) is 5.32 Å². The zero-order valence-corrected chi connectivity index (χ0v) is 10.1. The molecule has 0 radical (unpaired) electrons. The van der Waals surface area contributed by atoms with Crippen LogP contribution in [0, 0.1) is 10.1 Å². The number of amides is 1. The van der Waals surface area contributed by atoms with Crippen molar-refractivity contribution in [3.63, 3.8) is 0 Å². The number of nitrogens with zero attached hydrogens (tertiary/aromatic N) is 1. The van der Waals surface area contributed by atoms with Crippen LogP contribution in [0.15, 0.2) is 24.3 Å². The van der Waals surface area contributed by atoms with E-state index in [4.69, 9.17) is 11.6 Å². The van der Waals surface area contributed by atoms with E-state index in [1.54, 1.807) is 0 Å². The van der Waals surface area contributed by atoms with Gasteiger partial charge in [-0.25, -0.2) is 0 Å². The third-order valence-corrected chi connectivity index (χ3v) is 2.73. The van der Waals surface area contributed by atoms with Crippen molar-refractivity contribution in [1.29, 1.82) is 0 Å². The fraction of sp³-hybridized carbons (Fsp3) is 0.364. The molecule has 1 atom stereocenters. The molecule has 0 spiro atoms. The molecule has 1 aromatic rings. The highest BCUT2D eigenvalue weighted by Gasteiger charge is 2.10. The van der Waals surface area contributed by atoms with Gasteiger partial charge in [0.1, 0.15) is 0 Å². The van der Waals surface area contributed by atoms with Crippen LogP contribution in [0.4, 0.5) is 5.69 Å². The van der Waals surface area contributed by atoms with E-state index in [0.717, 1.165) is 6.42 Å². The standard InChI is InChI=1S/C11H13ClN2O3/c1-2-9(12)7-13-11(15)8-3-5-10(6-4-8)14(16)17/h3-6,9H,2,7H2,1H3,(H,13,15). The molecule has 0 fully saturated rings. The second kappa shape index (κ2) is 6.20. The van der Waals surface area contributed by atoms with E-state index in [1.165, 1.54) is 24.3 Å². The molecule has 1 aromatic carbocycles. The van der Waals surface area contributed by atoms with Gasteiger partial charge < -0.3 is 5.32 Å². The van der Waals surface area contributed by atoms with Crippen molar-refractivity contribution >= 4 is 23.2 Å². The zero-order valence-electron chi connectivity index (χ0n) is 9.35. The maximum absolute atomic E-state index is 11.6. The van der Waals surface area contributed by atoms with E-state index in [0.29, 0.717) is 12.1 Å². The maximum Gasteiger partial charge on any atom is 0.269 e. The van der Waals surface area contributed by atoms with Gasteiger partial charge in [-0.15, -0.1) is 11.6 Å². The third kappa shape index (κ3) is 4.03. The van der Waals surface area contributed by atoms with E-state index >= 15 is 0 Å². The van der Waals surface area contributed by atoms with Gasteiger partial charge in [0.2, 0.25) is 0 Å². The number of alkyl halides is 1. The van der Waals surface area contributed by atoms with Gasteiger partial charge in [-0.2, -0.15) is 0 Å². The third-order valence-electron chi connectivity index (χ3n) is 2.27. The van der Waals surface area contributed by atoms with Gasteiger partial charge in [0.15, 0.2) is 0 Å². The summed E-state index contributed by atoms with van der Waals surface area (Å²) in [5, 5.41) is 13.0. The minimum atomic E-state index is -0.506. The van der Waals surface area contributed by atoms with Crippen molar-refractivity contribution in [2.75, 3.05) is 6.54 Å². The number of nitrogens with one attached hydrogen (secondary N) is 1. The SMILES string of the molecule is CCC(Cl)CNC(=O)c1ccc([N+](=O)[O-])cc1. The number of hydrogen-bond donors (Lipinski definition) is 1. The number of non-ortho nitro benzene ring substituents is 1. The first-order valence-electron chi connectivity index (χ1n) is 5.21. The summed E-state index contributed by atoms with van der Waals surface area (Å²) in [5.74, 6) is -0.279. The lowest BCUT2D eigenvalue weighted by atomic mass is 10.2. The Balaban J connectivity index is 2.61. The fourth-order valence-corrected chi connectivity index (χ4v) is 1.26. The molecule has 0 saturated carbocycles. The van der Waals surface area contributed by atoms with Crippen LogP contribution in [0.5, 0.6) is 0 Å². The first kappa shape index (κ1) is 13.4. The van der Waals surface area contributed by atoms with Crippen LogP contribution in [0.1, 0.15) is 23.7 Å². The summed E-state index contributed by atoms with van der Waals surface area (Å²) in [6, 6.07) is 5.44. The molecule has 6 heteroatoms. The Kier molecular flexibility index (Phi) is 4.90. The number of halogens is 1. The van der Waals surface area contributed by atoms with Crippen LogP contribution in [-0.2, 0) is 0 Å². The van der Waals surface area contributed by atoms with Gasteiger partial charge in [-0.3, -0.25) is 14.9 Å². The number of carbonyl (C=O) groups is 1. The number of hydrogen-bond acceptors (Lipinski definition) is 3. The summed E-state index contributed by atoms with van der Waals surface area (Å²) in [6.45, 7) is 2.31. The van der Waals surface area contributed by atoms with Crippen molar-refractivity contribution in [2.45, 2.75) is 18.7 Å². The maximum atomic E-state index is 11.6. The number of benzene rings is 1. The minimum absolute atomic E-state index is 0.0367. The van der Waals surface area contributed by atoms with Gasteiger partial charge in [-0.05, 0) is 18.6 Å². The molecule has 0 aliphatic carbocycles. The molecule has 0 heterocycles. The minimum Gasteiger partial charge on any atom is -0.351 e. The Morgan fingerprint density at radius 1 is 1.47 bits per heavy atom. The van der Waals surface area contributed by atoms with E-state index in [1.807, 2.05) is 6.92 Å².